The van der Waals surface area contributed by atoms with Crippen LogP contribution in [-0.2, 0) is 4.79 Å². The zero-order chi connectivity index (χ0) is 15.7. The number of likely N-dealkylation sites (tertiary alicyclic amines) is 1. The summed E-state index contributed by atoms with van der Waals surface area (Å²) in [7, 11) is 0. The smallest absolute Gasteiger partial charge is 0.257 e. The average molecular weight is 302 g/mol. The average Bonchev–Trinajstić information content (AvgIpc) is 3.16. The zero-order valence-corrected chi connectivity index (χ0v) is 12.6. The van der Waals surface area contributed by atoms with Gasteiger partial charge in [0.15, 0.2) is 5.82 Å². The van der Waals surface area contributed by atoms with E-state index >= 15 is 0 Å². The molecule has 2 aromatic rings. The van der Waals surface area contributed by atoms with Crippen LogP contribution in [0.2, 0.25) is 0 Å². The van der Waals surface area contributed by atoms with E-state index in [1.54, 1.807) is 23.7 Å². The molecule has 0 aromatic carbocycles. The van der Waals surface area contributed by atoms with Crippen molar-refractivity contribution in [3.63, 3.8) is 0 Å². The maximum absolute atomic E-state index is 12.4. The standard InChI is InChI=1S/C15H18N4O3/c1-10-13(5-8-22-10)15(21)18-6-3-12(9-18)19-7-4-14(17-19)16-11(2)20/h4-5,7-8,12H,3,6,9H2,1-2H3,(H,16,17,20). The monoisotopic (exact) mass is 302 g/mol. The van der Waals surface area contributed by atoms with Crippen molar-refractivity contribution in [1.82, 2.24) is 14.7 Å². The molecular weight excluding hydrogens is 284 g/mol. The third kappa shape index (κ3) is 2.74. The van der Waals surface area contributed by atoms with Gasteiger partial charge in [0.05, 0.1) is 17.9 Å². The van der Waals surface area contributed by atoms with Crippen LogP contribution < -0.4 is 5.32 Å². The lowest BCUT2D eigenvalue weighted by Crippen LogP contribution is -2.29. The van der Waals surface area contributed by atoms with Crippen LogP contribution in [0.25, 0.3) is 0 Å². The van der Waals surface area contributed by atoms with Crippen molar-refractivity contribution in [2.75, 3.05) is 18.4 Å². The minimum atomic E-state index is -0.149. The molecule has 3 rings (SSSR count). The van der Waals surface area contributed by atoms with Gasteiger partial charge in [-0.1, -0.05) is 0 Å². The molecule has 7 heteroatoms. The highest BCUT2D eigenvalue weighted by atomic mass is 16.3. The van der Waals surface area contributed by atoms with Gasteiger partial charge >= 0.3 is 0 Å². The summed E-state index contributed by atoms with van der Waals surface area (Å²) < 4.78 is 7.00. The van der Waals surface area contributed by atoms with Crippen molar-refractivity contribution >= 4 is 17.6 Å². The van der Waals surface area contributed by atoms with E-state index in [0.717, 1.165) is 6.42 Å². The maximum atomic E-state index is 12.4. The Bertz CT molecular complexity index is 703. The Hall–Kier alpha value is -2.57. The van der Waals surface area contributed by atoms with E-state index in [-0.39, 0.29) is 17.9 Å². The lowest BCUT2D eigenvalue weighted by molar-refractivity contribution is -0.114. The van der Waals surface area contributed by atoms with Crippen LogP contribution >= 0.6 is 0 Å². The number of rotatable bonds is 3. The summed E-state index contributed by atoms with van der Waals surface area (Å²) in [6, 6.07) is 3.58. The summed E-state index contributed by atoms with van der Waals surface area (Å²) in [4.78, 5) is 25.3. The fraction of sp³-hybridized carbons (Fsp3) is 0.400. The Balaban J connectivity index is 1.67. The molecule has 0 aliphatic carbocycles. The summed E-state index contributed by atoms with van der Waals surface area (Å²) in [5.41, 5.74) is 0.611. The quantitative estimate of drug-likeness (QED) is 0.938. The summed E-state index contributed by atoms with van der Waals surface area (Å²) in [5, 5.41) is 6.98. The summed E-state index contributed by atoms with van der Waals surface area (Å²) in [6.45, 7) is 4.52. The number of aryl methyl sites for hydroxylation is 1. The van der Waals surface area contributed by atoms with Gasteiger partial charge in [-0.25, -0.2) is 0 Å². The van der Waals surface area contributed by atoms with E-state index in [2.05, 4.69) is 10.4 Å². The van der Waals surface area contributed by atoms with Crippen LogP contribution in [0.3, 0.4) is 0 Å². The Morgan fingerprint density at radius 2 is 2.23 bits per heavy atom. The molecule has 3 heterocycles. The van der Waals surface area contributed by atoms with Crippen molar-refractivity contribution in [2.45, 2.75) is 26.3 Å². The molecular formula is C15H18N4O3. The van der Waals surface area contributed by atoms with Crippen LogP contribution in [0.5, 0.6) is 0 Å². The molecule has 7 nitrogen and oxygen atoms in total. The number of amides is 2. The number of nitrogens with one attached hydrogen (secondary N) is 1. The van der Waals surface area contributed by atoms with E-state index in [4.69, 9.17) is 4.42 Å². The first kappa shape index (κ1) is 14.4. The predicted octanol–water partition coefficient (Wildman–Crippen LogP) is 1.83. The number of carbonyl (C=O) groups excluding carboxylic acids is 2. The number of hydrogen-bond donors (Lipinski definition) is 1. The second kappa shape index (κ2) is 5.67. The molecule has 1 N–H and O–H groups in total. The van der Waals surface area contributed by atoms with Gasteiger partial charge in [-0.15, -0.1) is 0 Å². The van der Waals surface area contributed by atoms with Crippen molar-refractivity contribution < 1.29 is 14.0 Å². The van der Waals surface area contributed by atoms with Crippen LogP contribution in [0, 0.1) is 6.92 Å². The molecule has 0 spiro atoms. The molecule has 0 radical (unpaired) electrons. The highest BCUT2D eigenvalue weighted by Crippen LogP contribution is 2.24. The Labute approximate surface area is 127 Å². The van der Waals surface area contributed by atoms with E-state index in [1.807, 2.05) is 11.1 Å². The van der Waals surface area contributed by atoms with Gasteiger partial charge in [-0.3, -0.25) is 14.3 Å². The van der Waals surface area contributed by atoms with Gasteiger partial charge in [0.25, 0.3) is 5.91 Å². The SMILES string of the molecule is CC(=O)Nc1ccn(C2CCN(C(=O)c3ccoc3C)C2)n1. The number of nitrogens with zero attached hydrogens (tertiary/aromatic N) is 3. The topological polar surface area (TPSA) is 80.4 Å². The molecule has 2 amide bonds. The zero-order valence-electron chi connectivity index (χ0n) is 12.6. The minimum Gasteiger partial charge on any atom is -0.469 e. The molecule has 22 heavy (non-hydrogen) atoms. The fourth-order valence-electron chi connectivity index (χ4n) is 2.71. The summed E-state index contributed by atoms with van der Waals surface area (Å²) >= 11 is 0. The summed E-state index contributed by atoms with van der Waals surface area (Å²) in [6.07, 6.45) is 4.19. The normalized spacial score (nSPS) is 17.7. The molecule has 1 aliphatic heterocycles. The first-order valence-corrected chi connectivity index (χ1v) is 7.20. The molecule has 0 bridgehead atoms. The highest BCUT2D eigenvalue weighted by Gasteiger charge is 2.29. The first-order valence-electron chi connectivity index (χ1n) is 7.20. The number of aromatic nitrogens is 2. The van der Waals surface area contributed by atoms with Crippen LogP contribution in [-0.4, -0.2) is 39.6 Å². The Morgan fingerprint density at radius 1 is 1.41 bits per heavy atom. The number of carbonyl (C=O) groups is 2. The van der Waals surface area contributed by atoms with E-state index in [9.17, 15) is 9.59 Å². The van der Waals surface area contributed by atoms with Gasteiger partial charge in [-0.05, 0) is 19.4 Å². The van der Waals surface area contributed by atoms with Gasteiger partial charge in [-0.2, -0.15) is 5.10 Å². The number of furan rings is 1. The highest BCUT2D eigenvalue weighted by molar-refractivity contribution is 5.95. The third-order valence-corrected chi connectivity index (χ3v) is 3.83. The molecule has 1 fully saturated rings. The van der Waals surface area contributed by atoms with Crippen molar-refractivity contribution in [1.29, 1.82) is 0 Å². The van der Waals surface area contributed by atoms with Gasteiger partial charge < -0.3 is 14.6 Å². The Morgan fingerprint density at radius 3 is 2.91 bits per heavy atom. The van der Waals surface area contributed by atoms with Gasteiger partial charge in [0, 0.05) is 32.3 Å². The van der Waals surface area contributed by atoms with E-state index in [0.29, 0.717) is 30.2 Å². The molecule has 1 saturated heterocycles. The van der Waals surface area contributed by atoms with Crippen LogP contribution in [0.15, 0.2) is 29.0 Å². The molecule has 1 aliphatic rings. The molecule has 1 unspecified atom stereocenters. The van der Waals surface area contributed by atoms with Gasteiger partial charge in [0.1, 0.15) is 5.76 Å². The summed E-state index contributed by atoms with van der Waals surface area (Å²) in [5.74, 6) is 1.01. The first-order chi connectivity index (χ1) is 10.5. The fourth-order valence-corrected chi connectivity index (χ4v) is 2.71. The van der Waals surface area contributed by atoms with Crippen molar-refractivity contribution in [2.24, 2.45) is 0 Å². The lowest BCUT2D eigenvalue weighted by atomic mass is 10.2. The van der Waals surface area contributed by atoms with Crippen LogP contribution in [0.1, 0.15) is 35.5 Å². The lowest BCUT2D eigenvalue weighted by Gasteiger charge is -2.16. The molecule has 0 saturated carbocycles. The second-order valence-electron chi connectivity index (χ2n) is 5.45. The molecule has 116 valence electrons. The number of anilines is 1. The van der Waals surface area contributed by atoms with Gasteiger partial charge in [0.2, 0.25) is 5.91 Å². The minimum absolute atomic E-state index is 0.0111. The van der Waals surface area contributed by atoms with Crippen LogP contribution in [0.4, 0.5) is 5.82 Å². The van der Waals surface area contributed by atoms with E-state index < -0.39 is 0 Å². The molecule has 2 aromatic heterocycles. The van der Waals surface area contributed by atoms with Crippen molar-refractivity contribution in [3.05, 3.63) is 35.9 Å². The number of hydrogen-bond acceptors (Lipinski definition) is 4. The van der Waals surface area contributed by atoms with E-state index in [1.165, 1.54) is 13.2 Å². The third-order valence-electron chi connectivity index (χ3n) is 3.83. The largest absolute Gasteiger partial charge is 0.469 e. The maximum Gasteiger partial charge on any atom is 0.257 e. The predicted molar refractivity (Wildman–Crippen MR) is 79.5 cm³/mol. The Kier molecular flexibility index (Phi) is 3.70. The second-order valence-corrected chi connectivity index (χ2v) is 5.45. The molecule has 1 atom stereocenters. The van der Waals surface area contributed by atoms with Crippen molar-refractivity contribution in [3.8, 4) is 0 Å².